The number of hydrogen-bond donors (Lipinski definition) is 0. The van der Waals surface area contributed by atoms with E-state index in [1.807, 2.05) is 0 Å². The van der Waals surface area contributed by atoms with Gasteiger partial charge in [-0.05, 0) is 6.07 Å². The van der Waals surface area contributed by atoms with E-state index < -0.39 is 0 Å². The van der Waals surface area contributed by atoms with Crippen LogP contribution in [-0.4, -0.2) is 4.98 Å². The van der Waals surface area contributed by atoms with Crippen molar-refractivity contribution in [2.45, 2.75) is 5.33 Å². The Balaban J connectivity index is 3.01. The molecule has 0 spiro atoms. The lowest BCUT2D eigenvalue weighted by Gasteiger charge is -1.92. The molecule has 0 saturated carbocycles. The highest BCUT2D eigenvalue weighted by atomic mass is 79.9. The zero-order valence-electron chi connectivity index (χ0n) is 4.64. The van der Waals surface area contributed by atoms with Gasteiger partial charge in [0.25, 0.3) is 0 Å². The fourth-order valence-electron chi connectivity index (χ4n) is 0.509. The van der Waals surface area contributed by atoms with E-state index in [1.54, 1.807) is 0 Å². The van der Waals surface area contributed by atoms with Crippen LogP contribution in [0.15, 0.2) is 18.5 Å². The molecule has 0 unspecified atom stereocenters. The van der Waals surface area contributed by atoms with Gasteiger partial charge >= 0.3 is 0 Å². The highest BCUT2D eigenvalue weighted by Gasteiger charge is 1.95. The molecule has 48 valence electrons. The van der Waals surface area contributed by atoms with Gasteiger partial charge in [-0.25, -0.2) is 4.39 Å². The molecule has 1 nitrogen and oxygen atoms in total. The molecule has 0 saturated heterocycles. The van der Waals surface area contributed by atoms with Crippen molar-refractivity contribution < 1.29 is 4.39 Å². The SMILES string of the molecule is Fc1ccncc1CBr. The first-order valence-electron chi connectivity index (χ1n) is 2.49. The Kier molecular flexibility index (Phi) is 2.16. The van der Waals surface area contributed by atoms with Crippen LogP contribution in [0.5, 0.6) is 0 Å². The second-order valence-corrected chi connectivity index (χ2v) is 2.16. The monoisotopic (exact) mass is 189 g/mol. The van der Waals surface area contributed by atoms with Gasteiger partial charge in [-0.3, -0.25) is 4.98 Å². The molecule has 1 aromatic heterocycles. The number of hydrogen-bond acceptors (Lipinski definition) is 1. The lowest BCUT2D eigenvalue weighted by molar-refractivity contribution is 0.615. The predicted molar refractivity (Wildman–Crippen MR) is 36.8 cm³/mol. The standard InChI is InChI=1S/C6H5BrFN/c7-3-5-4-9-2-1-6(5)8/h1-2,4H,3H2. The summed E-state index contributed by atoms with van der Waals surface area (Å²) < 4.78 is 12.5. The van der Waals surface area contributed by atoms with E-state index in [9.17, 15) is 4.39 Å². The molecule has 0 radical (unpaired) electrons. The van der Waals surface area contributed by atoms with Crippen LogP contribution in [0, 0.1) is 5.82 Å². The molecule has 0 atom stereocenters. The summed E-state index contributed by atoms with van der Waals surface area (Å²) >= 11 is 3.13. The van der Waals surface area contributed by atoms with Gasteiger partial charge in [0.15, 0.2) is 0 Å². The molecule has 0 bridgehead atoms. The normalized spacial score (nSPS) is 9.56. The third-order valence-corrected chi connectivity index (χ3v) is 1.59. The summed E-state index contributed by atoms with van der Waals surface area (Å²) in [5, 5.41) is 0.521. The fourth-order valence-corrected chi connectivity index (χ4v) is 0.921. The van der Waals surface area contributed by atoms with Gasteiger partial charge in [0.05, 0.1) is 0 Å². The van der Waals surface area contributed by atoms with Gasteiger partial charge in [-0.1, -0.05) is 15.9 Å². The van der Waals surface area contributed by atoms with Crippen LogP contribution in [0.4, 0.5) is 4.39 Å². The summed E-state index contributed by atoms with van der Waals surface area (Å²) in [5.41, 5.74) is 0.595. The van der Waals surface area contributed by atoms with E-state index in [-0.39, 0.29) is 5.82 Å². The molecule has 0 aromatic carbocycles. The van der Waals surface area contributed by atoms with Crippen molar-refractivity contribution >= 4 is 15.9 Å². The van der Waals surface area contributed by atoms with Crippen LogP contribution in [0.25, 0.3) is 0 Å². The number of aromatic nitrogens is 1. The highest BCUT2D eigenvalue weighted by Crippen LogP contribution is 2.07. The first-order chi connectivity index (χ1) is 4.34. The minimum absolute atomic E-state index is 0.207. The second kappa shape index (κ2) is 2.92. The summed E-state index contributed by atoms with van der Waals surface area (Å²) in [6.07, 6.45) is 2.94. The van der Waals surface area contributed by atoms with Crippen molar-refractivity contribution in [3.8, 4) is 0 Å². The van der Waals surface area contributed by atoms with Crippen molar-refractivity contribution in [1.29, 1.82) is 0 Å². The minimum Gasteiger partial charge on any atom is -0.264 e. The number of pyridine rings is 1. The maximum absolute atomic E-state index is 12.5. The second-order valence-electron chi connectivity index (χ2n) is 1.60. The van der Waals surface area contributed by atoms with E-state index >= 15 is 0 Å². The molecular formula is C6H5BrFN. The van der Waals surface area contributed by atoms with Gasteiger partial charge in [0, 0.05) is 23.3 Å². The van der Waals surface area contributed by atoms with Gasteiger partial charge in [0.1, 0.15) is 5.82 Å². The molecule has 0 N–H and O–H groups in total. The van der Waals surface area contributed by atoms with E-state index in [2.05, 4.69) is 20.9 Å². The zero-order valence-corrected chi connectivity index (χ0v) is 6.23. The fraction of sp³-hybridized carbons (Fsp3) is 0.167. The van der Waals surface area contributed by atoms with Crippen molar-refractivity contribution in [1.82, 2.24) is 4.98 Å². The number of alkyl halides is 1. The Bertz CT molecular complexity index is 202. The third-order valence-electron chi connectivity index (χ3n) is 0.988. The van der Waals surface area contributed by atoms with E-state index in [4.69, 9.17) is 0 Å². The number of halogens is 2. The summed E-state index contributed by atoms with van der Waals surface area (Å²) in [6, 6.07) is 1.34. The van der Waals surface area contributed by atoms with E-state index in [1.165, 1.54) is 18.5 Å². The summed E-state index contributed by atoms with van der Waals surface area (Å²) in [4.78, 5) is 3.75. The van der Waals surface area contributed by atoms with Crippen LogP contribution < -0.4 is 0 Å². The van der Waals surface area contributed by atoms with Crippen LogP contribution in [0.1, 0.15) is 5.56 Å². The van der Waals surface area contributed by atoms with Crippen LogP contribution in [0.2, 0.25) is 0 Å². The molecule has 0 amide bonds. The molecule has 3 heteroatoms. The Labute approximate surface area is 61.0 Å². The van der Waals surface area contributed by atoms with Crippen molar-refractivity contribution in [3.63, 3.8) is 0 Å². The Hall–Kier alpha value is -0.440. The smallest absolute Gasteiger partial charge is 0.130 e. The Morgan fingerprint density at radius 3 is 2.89 bits per heavy atom. The zero-order chi connectivity index (χ0) is 6.69. The minimum atomic E-state index is -0.207. The van der Waals surface area contributed by atoms with Crippen molar-refractivity contribution in [3.05, 3.63) is 29.8 Å². The lowest BCUT2D eigenvalue weighted by Crippen LogP contribution is -1.84. The molecule has 1 aromatic rings. The van der Waals surface area contributed by atoms with E-state index in [0.717, 1.165) is 0 Å². The Morgan fingerprint density at radius 1 is 1.67 bits per heavy atom. The van der Waals surface area contributed by atoms with E-state index in [0.29, 0.717) is 10.9 Å². The van der Waals surface area contributed by atoms with Crippen LogP contribution >= 0.6 is 15.9 Å². The van der Waals surface area contributed by atoms with Crippen LogP contribution in [-0.2, 0) is 5.33 Å². The largest absolute Gasteiger partial charge is 0.264 e. The average Bonchev–Trinajstić information content (AvgIpc) is 1.89. The summed E-state index contributed by atoms with van der Waals surface area (Å²) in [5.74, 6) is -0.207. The molecule has 0 aliphatic carbocycles. The first-order valence-corrected chi connectivity index (χ1v) is 3.61. The van der Waals surface area contributed by atoms with Crippen molar-refractivity contribution in [2.24, 2.45) is 0 Å². The summed E-state index contributed by atoms with van der Waals surface area (Å²) in [6.45, 7) is 0. The summed E-state index contributed by atoms with van der Waals surface area (Å²) in [7, 11) is 0. The maximum atomic E-state index is 12.5. The van der Waals surface area contributed by atoms with Gasteiger partial charge in [0.2, 0.25) is 0 Å². The first kappa shape index (κ1) is 6.68. The lowest BCUT2D eigenvalue weighted by atomic mass is 10.3. The molecular weight excluding hydrogens is 185 g/mol. The Morgan fingerprint density at radius 2 is 2.44 bits per heavy atom. The molecule has 0 aliphatic heterocycles. The number of rotatable bonds is 1. The number of nitrogens with zero attached hydrogens (tertiary/aromatic N) is 1. The van der Waals surface area contributed by atoms with Crippen molar-refractivity contribution in [2.75, 3.05) is 0 Å². The molecule has 0 aliphatic rings. The van der Waals surface area contributed by atoms with Gasteiger partial charge in [-0.2, -0.15) is 0 Å². The predicted octanol–water partition coefficient (Wildman–Crippen LogP) is 2.12. The third kappa shape index (κ3) is 1.48. The molecule has 1 heterocycles. The van der Waals surface area contributed by atoms with Crippen LogP contribution in [0.3, 0.4) is 0 Å². The maximum Gasteiger partial charge on any atom is 0.130 e. The quantitative estimate of drug-likeness (QED) is 0.618. The van der Waals surface area contributed by atoms with Gasteiger partial charge < -0.3 is 0 Å². The topological polar surface area (TPSA) is 12.9 Å². The van der Waals surface area contributed by atoms with Gasteiger partial charge in [-0.15, -0.1) is 0 Å². The molecule has 9 heavy (non-hydrogen) atoms. The molecule has 1 rings (SSSR count). The average molecular weight is 190 g/mol. The molecule has 0 fully saturated rings. The highest BCUT2D eigenvalue weighted by molar-refractivity contribution is 9.08.